The van der Waals surface area contributed by atoms with Crippen molar-refractivity contribution in [3.8, 4) is 11.4 Å². The number of rotatable bonds is 7. The van der Waals surface area contributed by atoms with Crippen LogP contribution >= 0.6 is 12.2 Å². The molecule has 1 atom stereocenters. The van der Waals surface area contributed by atoms with E-state index >= 15 is 0 Å². The molecular formula is C25H31FN6O2S. The number of carbonyl (C=O) groups excluding carboxylic acids is 1. The maximum atomic E-state index is 13.5. The van der Waals surface area contributed by atoms with Gasteiger partial charge < -0.3 is 9.64 Å². The summed E-state index contributed by atoms with van der Waals surface area (Å²) in [5.41, 5.74) is 1.43. The fourth-order valence-electron chi connectivity index (χ4n) is 4.05. The van der Waals surface area contributed by atoms with Crippen molar-refractivity contribution in [2.45, 2.75) is 19.6 Å². The minimum absolute atomic E-state index is 0.00182. The molecule has 2 heterocycles. The van der Waals surface area contributed by atoms with Crippen LogP contribution in [0.3, 0.4) is 0 Å². The summed E-state index contributed by atoms with van der Waals surface area (Å²) in [5.74, 6) is 1.24. The SMILES string of the molecule is COc1ccc(C(=O)N2CCN(Cn3nc(C(C)N(C)C)n(-c4ccc(F)cc4)c3=S)CC2)cc1. The van der Waals surface area contributed by atoms with Gasteiger partial charge in [-0.05, 0) is 81.8 Å². The van der Waals surface area contributed by atoms with Gasteiger partial charge >= 0.3 is 0 Å². The number of halogens is 1. The molecule has 0 bridgehead atoms. The fraction of sp³-hybridized carbons (Fsp3) is 0.400. The van der Waals surface area contributed by atoms with Crippen molar-refractivity contribution in [3.63, 3.8) is 0 Å². The van der Waals surface area contributed by atoms with E-state index in [2.05, 4.69) is 16.7 Å². The molecule has 186 valence electrons. The molecule has 1 aromatic heterocycles. The number of aromatic nitrogens is 3. The Hall–Kier alpha value is -3.08. The zero-order valence-corrected chi connectivity index (χ0v) is 21.3. The van der Waals surface area contributed by atoms with Crippen molar-refractivity contribution < 1.29 is 13.9 Å². The molecule has 3 aromatic rings. The quantitative estimate of drug-likeness (QED) is 0.464. The lowest BCUT2D eigenvalue weighted by molar-refractivity contribution is 0.0584. The van der Waals surface area contributed by atoms with Gasteiger partial charge in [-0.3, -0.25) is 19.2 Å². The molecule has 1 amide bonds. The second-order valence-corrected chi connectivity index (χ2v) is 9.24. The smallest absolute Gasteiger partial charge is 0.253 e. The van der Waals surface area contributed by atoms with Crippen LogP contribution in [0.2, 0.25) is 0 Å². The molecule has 0 radical (unpaired) electrons. The van der Waals surface area contributed by atoms with Crippen molar-refractivity contribution >= 4 is 18.1 Å². The summed E-state index contributed by atoms with van der Waals surface area (Å²) >= 11 is 5.80. The minimum atomic E-state index is -0.295. The average molecular weight is 499 g/mol. The summed E-state index contributed by atoms with van der Waals surface area (Å²) in [6.07, 6.45) is 0. The number of carbonyl (C=O) groups is 1. The molecule has 35 heavy (non-hydrogen) atoms. The number of nitrogens with zero attached hydrogens (tertiary/aromatic N) is 6. The van der Waals surface area contributed by atoms with Crippen LogP contribution in [0.15, 0.2) is 48.5 Å². The van der Waals surface area contributed by atoms with Gasteiger partial charge in [0.15, 0.2) is 5.82 Å². The number of hydrogen-bond donors (Lipinski definition) is 0. The van der Waals surface area contributed by atoms with Crippen LogP contribution in [0, 0.1) is 10.6 Å². The van der Waals surface area contributed by atoms with E-state index in [0.717, 1.165) is 17.3 Å². The van der Waals surface area contributed by atoms with E-state index in [-0.39, 0.29) is 17.8 Å². The first-order valence-electron chi connectivity index (χ1n) is 11.6. The highest BCUT2D eigenvalue weighted by Crippen LogP contribution is 2.22. The van der Waals surface area contributed by atoms with E-state index in [9.17, 15) is 9.18 Å². The second-order valence-electron chi connectivity index (χ2n) is 8.87. The molecule has 1 saturated heterocycles. The fourth-order valence-corrected chi connectivity index (χ4v) is 4.35. The Labute approximate surface area is 210 Å². The van der Waals surface area contributed by atoms with Gasteiger partial charge in [0.2, 0.25) is 4.77 Å². The Balaban J connectivity index is 1.48. The summed E-state index contributed by atoms with van der Waals surface area (Å²) in [5, 5.41) is 4.85. The molecule has 2 aromatic carbocycles. The van der Waals surface area contributed by atoms with E-state index in [4.69, 9.17) is 22.1 Å². The minimum Gasteiger partial charge on any atom is -0.497 e. The highest BCUT2D eigenvalue weighted by molar-refractivity contribution is 7.71. The summed E-state index contributed by atoms with van der Waals surface area (Å²) in [4.78, 5) is 19.0. The normalized spacial score (nSPS) is 15.4. The van der Waals surface area contributed by atoms with Crippen LogP contribution in [0.5, 0.6) is 5.75 Å². The second kappa shape index (κ2) is 10.7. The Morgan fingerprint density at radius 1 is 1.09 bits per heavy atom. The molecule has 0 spiro atoms. The van der Waals surface area contributed by atoms with Gasteiger partial charge in [-0.2, -0.15) is 5.10 Å². The Bertz CT molecular complexity index is 1210. The third kappa shape index (κ3) is 5.44. The summed E-state index contributed by atoms with van der Waals surface area (Å²) in [6, 6.07) is 13.5. The van der Waals surface area contributed by atoms with Crippen LogP contribution in [-0.2, 0) is 6.67 Å². The van der Waals surface area contributed by atoms with Crippen LogP contribution in [0.4, 0.5) is 4.39 Å². The first-order valence-corrected chi connectivity index (χ1v) is 12.0. The Morgan fingerprint density at radius 2 is 1.71 bits per heavy atom. The molecule has 0 aliphatic carbocycles. The highest BCUT2D eigenvalue weighted by atomic mass is 32.1. The number of benzene rings is 2. The molecule has 0 saturated carbocycles. The molecule has 1 unspecified atom stereocenters. The summed E-state index contributed by atoms with van der Waals surface area (Å²) < 4.78 is 23.0. The molecule has 10 heteroatoms. The molecule has 1 aliphatic heterocycles. The number of piperazine rings is 1. The maximum Gasteiger partial charge on any atom is 0.253 e. The van der Waals surface area contributed by atoms with Crippen LogP contribution in [0.1, 0.15) is 29.1 Å². The lowest BCUT2D eigenvalue weighted by Gasteiger charge is -2.34. The van der Waals surface area contributed by atoms with Gasteiger partial charge in [-0.15, -0.1) is 0 Å². The van der Waals surface area contributed by atoms with Gasteiger partial charge in [0.25, 0.3) is 5.91 Å². The first kappa shape index (κ1) is 25.0. The van der Waals surface area contributed by atoms with E-state index < -0.39 is 0 Å². The number of amides is 1. The average Bonchev–Trinajstić information content (AvgIpc) is 3.19. The number of ether oxygens (including phenoxy) is 1. The highest BCUT2D eigenvalue weighted by Gasteiger charge is 2.25. The molecular weight excluding hydrogens is 467 g/mol. The van der Waals surface area contributed by atoms with Crippen molar-refractivity contribution in [1.29, 1.82) is 0 Å². The number of hydrogen-bond acceptors (Lipinski definition) is 6. The van der Waals surface area contributed by atoms with Crippen molar-refractivity contribution in [2.75, 3.05) is 47.4 Å². The summed E-state index contributed by atoms with van der Waals surface area (Å²) in [7, 11) is 5.58. The zero-order chi connectivity index (χ0) is 25.1. The van der Waals surface area contributed by atoms with Gasteiger partial charge in [-0.25, -0.2) is 9.07 Å². The van der Waals surface area contributed by atoms with Crippen molar-refractivity contribution in [3.05, 3.63) is 70.5 Å². The third-order valence-corrected chi connectivity index (χ3v) is 6.82. The van der Waals surface area contributed by atoms with E-state index in [1.165, 1.54) is 12.1 Å². The van der Waals surface area contributed by atoms with E-state index in [0.29, 0.717) is 43.2 Å². The van der Waals surface area contributed by atoms with E-state index in [1.807, 2.05) is 28.2 Å². The predicted molar refractivity (Wildman–Crippen MR) is 135 cm³/mol. The van der Waals surface area contributed by atoms with Gasteiger partial charge in [0.1, 0.15) is 11.6 Å². The van der Waals surface area contributed by atoms with Gasteiger partial charge in [0, 0.05) is 37.4 Å². The Kier molecular flexibility index (Phi) is 7.63. The third-order valence-electron chi connectivity index (χ3n) is 6.43. The molecule has 0 N–H and O–H groups in total. The largest absolute Gasteiger partial charge is 0.497 e. The van der Waals surface area contributed by atoms with Crippen LogP contribution in [-0.4, -0.2) is 82.3 Å². The van der Waals surface area contributed by atoms with Crippen LogP contribution in [0.25, 0.3) is 5.69 Å². The maximum absolute atomic E-state index is 13.5. The van der Waals surface area contributed by atoms with Gasteiger partial charge in [0.05, 0.1) is 19.8 Å². The topological polar surface area (TPSA) is 58.8 Å². The standard InChI is InChI=1S/C25H31FN6O2S/c1-18(28(2)3)23-27-31(25(35)32(23)21-9-7-20(26)8-10-21)17-29-13-15-30(16-14-29)24(33)19-5-11-22(34-4)12-6-19/h5-12,18H,13-17H2,1-4H3. The monoisotopic (exact) mass is 498 g/mol. The van der Waals surface area contributed by atoms with Crippen molar-refractivity contribution in [2.24, 2.45) is 0 Å². The lowest BCUT2D eigenvalue weighted by atomic mass is 10.1. The Morgan fingerprint density at radius 3 is 2.29 bits per heavy atom. The zero-order valence-electron chi connectivity index (χ0n) is 20.5. The van der Waals surface area contributed by atoms with Crippen molar-refractivity contribution in [1.82, 2.24) is 29.0 Å². The molecule has 8 nitrogen and oxygen atoms in total. The van der Waals surface area contributed by atoms with Crippen LogP contribution < -0.4 is 4.74 Å². The lowest BCUT2D eigenvalue weighted by Crippen LogP contribution is -2.49. The first-order chi connectivity index (χ1) is 16.8. The predicted octanol–water partition coefficient (Wildman–Crippen LogP) is 3.59. The van der Waals surface area contributed by atoms with E-state index in [1.54, 1.807) is 43.5 Å². The number of methoxy groups -OCH3 is 1. The summed E-state index contributed by atoms with van der Waals surface area (Å²) in [6.45, 7) is 5.25. The molecule has 1 aliphatic rings. The van der Waals surface area contributed by atoms with Gasteiger partial charge in [-0.1, -0.05) is 0 Å². The molecule has 1 fully saturated rings. The molecule has 4 rings (SSSR count).